The highest BCUT2D eigenvalue weighted by molar-refractivity contribution is 7.85. The summed E-state index contributed by atoms with van der Waals surface area (Å²) in [5.74, 6) is 0. The van der Waals surface area contributed by atoms with Gasteiger partial charge in [0.15, 0.2) is 0 Å². The van der Waals surface area contributed by atoms with Gasteiger partial charge in [-0.05, 0) is 23.8 Å². The van der Waals surface area contributed by atoms with E-state index in [1.807, 2.05) is 0 Å². The Morgan fingerprint density at radius 2 is 1.48 bits per heavy atom. The van der Waals surface area contributed by atoms with E-state index in [1.54, 1.807) is 18.2 Å². The lowest BCUT2D eigenvalue weighted by Gasteiger charge is -2.37. The van der Waals surface area contributed by atoms with Crippen molar-refractivity contribution in [2.75, 3.05) is 13.7 Å². The van der Waals surface area contributed by atoms with Crippen LogP contribution in [-0.2, 0) is 29.6 Å². The van der Waals surface area contributed by atoms with Crippen LogP contribution in [0.25, 0.3) is 10.9 Å². The summed E-state index contributed by atoms with van der Waals surface area (Å²) in [5, 5.41) is 11.3. The van der Waals surface area contributed by atoms with Crippen LogP contribution in [0.1, 0.15) is 16.7 Å². The smallest absolute Gasteiger partial charge is 0.294 e. The molecule has 4 aromatic rings. The molecule has 172 valence electrons. The summed E-state index contributed by atoms with van der Waals surface area (Å²) in [6, 6.07) is 24.7. The molecule has 0 amide bonds. The van der Waals surface area contributed by atoms with E-state index >= 15 is 0 Å². The number of H-pyrrole nitrogens is 1. The van der Waals surface area contributed by atoms with Crippen molar-refractivity contribution < 1.29 is 22.6 Å². The minimum Gasteiger partial charge on any atom is -0.390 e. The van der Waals surface area contributed by atoms with Crippen LogP contribution in [0.15, 0.2) is 90.0 Å². The molecule has 1 aliphatic rings. The lowest BCUT2D eigenvalue weighted by atomic mass is 10.0. The van der Waals surface area contributed by atoms with Crippen molar-refractivity contribution in [3.63, 3.8) is 0 Å². The Balaban J connectivity index is 0.000000219. The molecule has 33 heavy (non-hydrogen) atoms. The molecule has 0 saturated heterocycles. The second kappa shape index (κ2) is 9.49. The first kappa shape index (κ1) is 23.2. The number of benzene rings is 3. The lowest BCUT2D eigenvalue weighted by Crippen LogP contribution is -2.50. The zero-order valence-corrected chi connectivity index (χ0v) is 19.4. The molecule has 0 unspecified atom stereocenters. The quantitative estimate of drug-likeness (QED) is 0.305. The fraction of sp³-hybridized carbons (Fsp3) is 0.231. The van der Waals surface area contributed by atoms with Crippen LogP contribution in [0, 0.1) is 0 Å². The molecule has 7 heteroatoms. The van der Waals surface area contributed by atoms with Gasteiger partial charge in [0.2, 0.25) is 0 Å². The van der Waals surface area contributed by atoms with Crippen LogP contribution >= 0.6 is 0 Å². The summed E-state index contributed by atoms with van der Waals surface area (Å²) in [4.78, 5) is 3.28. The van der Waals surface area contributed by atoms with E-state index in [0.29, 0.717) is 0 Å². The third kappa shape index (κ3) is 5.17. The van der Waals surface area contributed by atoms with Gasteiger partial charge in [-0.15, -0.1) is 0 Å². The first-order valence-corrected chi connectivity index (χ1v) is 12.3. The van der Waals surface area contributed by atoms with Gasteiger partial charge in [0, 0.05) is 34.6 Å². The number of quaternary nitrogens is 1. The maximum absolute atomic E-state index is 10.4. The van der Waals surface area contributed by atoms with Gasteiger partial charge in [-0.25, -0.2) is 0 Å². The van der Waals surface area contributed by atoms with Crippen LogP contribution in [-0.4, -0.2) is 47.2 Å². The van der Waals surface area contributed by atoms with Crippen molar-refractivity contribution in [3.8, 4) is 0 Å². The van der Waals surface area contributed by atoms with Crippen LogP contribution in [0.2, 0.25) is 0 Å². The third-order valence-electron chi connectivity index (χ3n) is 6.45. The normalized spacial score (nSPS) is 15.5. The van der Waals surface area contributed by atoms with Gasteiger partial charge >= 0.3 is 0 Å². The molecule has 3 N–H and O–H groups in total. The Kier molecular flexibility index (Phi) is 6.67. The molecule has 3 aromatic carbocycles. The Labute approximate surface area is 194 Å². The van der Waals surface area contributed by atoms with Gasteiger partial charge in [-0.1, -0.05) is 60.7 Å². The number of aromatic amines is 1. The Morgan fingerprint density at radius 1 is 0.909 bits per heavy atom. The van der Waals surface area contributed by atoms with E-state index in [2.05, 4.69) is 66.8 Å². The highest BCUT2D eigenvalue weighted by atomic mass is 32.2. The van der Waals surface area contributed by atoms with Crippen molar-refractivity contribution in [2.45, 2.75) is 30.4 Å². The number of aromatic nitrogens is 1. The zero-order chi connectivity index (χ0) is 23.5. The number of hydrogen-bond acceptors (Lipinski definition) is 3. The molecule has 1 aliphatic heterocycles. The SMILES string of the molecule is C[N+]1([C@H](CO)Cc2c[nH]c3ccccc23)Cc2ccccc2C1.O=S(=O)(O)c1ccccc1. The average Bonchev–Trinajstić information content (AvgIpc) is 3.38. The zero-order valence-electron chi connectivity index (χ0n) is 18.6. The maximum Gasteiger partial charge on any atom is 0.294 e. The fourth-order valence-corrected chi connectivity index (χ4v) is 5.09. The number of likely N-dealkylation sites (N-methyl/N-ethyl adjacent to an activating group) is 1. The minimum absolute atomic E-state index is 0.0741. The van der Waals surface area contributed by atoms with Gasteiger partial charge in [0.1, 0.15) is 19.1 Å². The maximum atomic E-state index is 10.4. The molecule has 0 spiro atoms. The van der Waals surface area contributed by atoms with Gasteiger partial charge < -0.3 is 14.6 Å². The van der Waals surface area contributed by atoms with E-state index in [9.17, 15) is 13.5 Å². The van der Waals surface area contributed by atoms with Crippen molar-refractivity contribution in [2.24, 2.45) is 0 Å². The molecule has 5 rings (SSSR count). The van der Waals surface area contributed by atoms with Crippen molar-refractivity contribution in [3.05, 3.63) is 102 Å². The summed E-state index contributed by atoms with van der Waals surface area (Å²) in [7, 11) is -1.73. The highest BCUT2D eigenvalue weighted by Gasteiger charge is 2.38. The number of aliphatic hydroxyl groups is 1. The molecule has 6 nitrogen and oxygen atoms in total. The summed E-state index contributed by atoms with van der Waals surface area (Å²) in [5.41, 5.74) is 5.32. The van der Waals surface area contributed by atoms with Crippen LogP contribution in [0.5, 0.6) is 0 Å². The Morgan fingerprint density at radius 3 is 2.06 bits per heavy atom. The second-order valence-corrected chi connectivity index (χ2v) is 10.2. The number of rotatable bonds is 5. The van der Waals surface area contributed by atoms with Gasteiger partial charge in [-0.3, -0.25) is 4.55 Å². The predicted octanol–water partition coefficient (Wildman–Crippen LogP) is 4.17. The molecule has 0 radical (unpaired) electrons. The monoisotopic (exact) mass is 465 g/mol. The van der Waals surface area contributed by atoms with Crippen molar-refractivity contribution >= 4 is 21.0 Å². The van der Waals surface area contributed by atoms with E-state index in [4.69, 9.17) is 4.55 Å². The predicted molar refractivity (Wildman–Crippen MR) is 129 cm³/mol. The van der Waals surface area contributed by atoms with E-state index in [1.165, 1.54) is 39.7 Å². The molecule has 1 atom stereocenters. The van der Waals surface area contributed by atoms with E-state index < -0.39 is 10.1 Å². The van der Waals surface area contributed by atoms with Crippen LogP contribution in [0.4, 0.5) is 0 Å². The molecule has 0 fully saturated rings. The Hall–Kier alpha value is -2.97. The number of aliphatic hydroxyl groups excluding tert-OH is 1. The summed E-state index contributed by atoms with van der Waals surface area (Å²) >= 11 is 0. The first-order chi connectivity index (χ1) is 15.8. The summed E-state index contributed by atoms with van der Waals surface area (Å²) in [6.07, 6.45) is 2.99. The largest absolute Gasteiger partial charge is 0.390 e. The molecule has 2 heterocycles. The molecule has 0 saturated carbocycles. The second-order valence-electron chi connectivity index (χ2n) is 8.75. The molecule has 0 bridgehead atoms. The standard InChI is InChI=1S/C20H23N2O.C6H6O3S/c1-22(12-15-6-2-3-7-16(15)13-22)18(14-23)10-17-11-21-20-9-5-4-8-19(17)20;7-10(8,9)6-4-2-1-3-5-6/h2-9,11,18,21,23H,10,12-14H2,1H3;1-5H,(H,7,8,9)/q+1;/t18-;/m0./s1. The van der Waals surface area contributed by atoms with Gasteiger partial charge in [0.25, 0.3) is 10.1 Å². The topological polar surface area (TPSA) is 90.4 Å². The number of para-hydroxylation sites is 1. The van der Waals surface area contributed by atoms with Crippen molar-refractivity contribution in [1.29, 1.82) is 0 Å². The third-order valence-corrected chi connectivity index (χ3v) is 7.31. The molecule has 0 aliphatic carbocycles. The summed E-state index contributed by atoms with van der Waals surface area (Å²) < 4.78 is 30.1. The number of nitrogens with zero attached hydrogens (tertiary/aromatic N) is 1. The average molecular weight is 466 g/mol. The highest BCUT2D eigenvalue weighted by Crippen LogP contribution is 2.32. The van der Waals surface area contributed by atoms with Gasteiger partial charge in [-0.2, -0.15) is 8.42 Å². The van der Waals surface area contributed by atoms with Crippen molar-refractivity contribution in [1.82, 2.24) is 4.98 Å². The number of nitrogens with one attached hydrogen (secondary N) is 1. The number of hydrogen-bond donors (Lipinski definition) is 3. The summed E-state index contributed by atoms with van der Waals surface area (Å²) in [6.45, 7) is 2.22. The Bertz CT molecular complexity index is 1310. The van der Waals surface area contributed by atoms with E-state index in [0.717, 1.165) is 24.0 Å². The van der Waals surface area contributed by atoms with Crippen LogP contribution < -0.4 is 0 Å². The van der Waals surface area contributed by atoms with E-state index in [-0.39, 0.29) is 17.5 Å². The fourth-order valence-electron chi connectivity index (χ4n) is 4.59. The minimum atomic E-state index is -4.00. The number of fused-ring (bicyclic) bond motifs is 2. The molecule has 1 aromatic heterocycles. The molecular formula is C26H29N2O4S+. The molecular weight excluding hydrogens is 436 g/mol. The van der Waals surface area contributed by atoms with Crippen LogP contribution in [0.3, 0.4) is 0 Å². The lowest BCUT2D eigenvalue weighted by molar-refractivity contribution is -0.952. The van der Waals surface area contributed by atoms with Gasteiger partial charge in [0.05, 0.1) is 18.6 Å². The first-order valence-electron chi connectivity index (χ1n) is 10.9.